The van der Waals surface area contributed by atoms with E-state index in [0.717, 1.165) is 12.1 Å². The molecule has 0 unspecified atom stereocenters. The van der Waals surface area contributed by atoms with Crippen LogP contribution < -0.4 is 0 Å². The lowest BCUT2D eigenvalue weighted by Crippen LogP contribution is -2.54. The highest BCUT2D eigenvalue weighted by Crippen LogP contribution is 2.38. The summed E-state index contributed by atoms with van der Waals surface area (Å²) >= 11 is 0. The van der Waals surface area contributed by atoms with E-state index < -0.39 is 35.2 Å². The summed E-state index contributed by atoms with van der Waals surface area (Å²) in [7, 11) is 0. The first-order chi connectivity index (χ1) is 14.0. The van der Waals surface area contributed by atoms with Crippen LogP contribution in [-0.4, -0.2) is 56.5 Å². The van der Waals surface area contributed by atoms with Crippen LogP contribution in [0.3, 0.4) is 0 Å². The molecule has 4 N–H and O–H groups in total. The minimum absolute atomic E-state index is 0.0286. The third kappa shape index (κ3) is 3.79. The number of aryl methyl sites for hydroxylation is 1. The number of carboxylic acids is 1. The number of aliphatic carboxylic acids is 1. The topological polar surface area (TPSA) is 151 Å². The van der Waals surface area contributed by atoms with Crippen molar-refractivity contribution in [1.82, 2.24) is 0 Å². The van der Waals surface area contributed by atoms with Gasteiger partial charge in [-0.1, -0.05) is 0 Å². The molecule has 9 heteroatoms. The lowest BCUT2D eigenvalue weighted by Gasteiger charge is -2.39. The van der Waals surface area contributed by atoms with Crippen molar-refractivity contribution in [3.63, 3.8) is 0 Å². The zero-order valence-corrected chi connectivity index (χ0v) is 16.2. The molecule has 3 rings (SSSR count). The molecule has 2 aliphatic rings. The van der Waals surface area contributed by atoms with E-state index in [2.05, 4.69) is 0 Å². The molecule has 0 amide bonds. The molecule has 9 nitrogen and oxygen atoms in total. The molecule has 30 heavy (non-hydrogen) atoms. The Morgan fingerprint density at radius 1 is 1.30 bits per heavy atom. The van der Waals surface area contributed by atoms with Gasteiger partial charge in [0.15, 0.2) is 5.60 Å². The second-order valence-electron chi connectivity index (χ2n) is 7.21. The number of carboxylic acid groups (broad SMARTS) is 1. The average Bonchev–Trinajstić information content (AvgIpc) is 2.64. The number of phenols is 2. The Kier molecular flexibility index (Phi) is 5.41. The van der Waals surface area contributed by atoms with E-state index in [1.807, 2.05) is 0 Å². The Hall–Kier alpha value is -3.59. The Morgan fingerprint density at radius 3 is 2.63 bits per heavy atom. The number of ketones is 1. The van der Waals surface area contributed by atoms with Crippen LogP contribution in [0.1, 0.15) is 29.3 Å². The quantitative estimate of drug-likeness (QED) is 0.423. The van der Waals surface area contributed by atoms with Gasteiger partial charge in [0.2, 0.25) is 5.78 Å². The Morgan fingerprint density at radius 2 is 2.00 bits per heavy atom. The van der Waals surface area contributed by atoms with E-state index in [0.29, 0.717) is 5.57 Å². The SMILES string of the molecule is Cc1cc(O)cc(O)c1C(=O)O[C@]1(C)C(=O)C2=C(C=C(/C=C\C(=O)O)OC2)C[C@H]1O. The molecule has 1 aromatic rings. The smallest absolute Gasteiger partial charge is 0.343 e. The first-order valence-electron chi connectivity index (χ1n) is 8.99. The van der Waals surface area contributed by atoms with Gasteiger partial charge in [0.05, 0.1) is 0 Å². The Bertz CT molecular complexity index is 1010. The fourth-order valence-electron chi connectivity index (χ4n) is 3.42. The summed E-state index contributed by atoms with van der Waals surface area (Å²) in [5, 5.41) is 38.8. The van der Waals surface area contributed by atoms with E-state index in [-0.39, 0.29) is 41.2 Å². The maximum absolute atomic E-state index is 13.0. The summed E-state index contributed by atoms with van der Waals surface area (Å²) in [6.45, 7) is 2.58. The Balaban J connectivity index is 1.90. The number of Topliss-reactive ketones (excluding diaryl/α,β-unsaturated/α-hetero) is 1. The summed E-state index contributed by atoms with van der Waals surface area (Å²) in [4.78, 5) is 36.4. The van der Waals surface area contributed by atoms with Crippen LogP contribution >= 0.6 is 0 Å². The number of benzene rings is 1. The highest BCUT2D eigenvalue weighted by Gasteiger charge is 2.50. The van der Waals surface area contributed by atoms with Crippen LogP contribution in [0, 0.1) is 6.92 Å². The van der Waals surface area contributed by atoms with Crippen molar-refractivity contribution in [2.45, 2.75) is 32.0 Å². The number of hydrogen-bond donors (Lipinski definition) is 4. The minimum atomic E-state index is -1.92. The highest BCUT2D eigenvalue weighted by atomic mass is 16.6. The van der Waals surface area contributed by atoms with Gasteiger partial charge < -0.3 is 29.9 Å². The maximum Gasteiger partial charge on any atom is 0.343 e. The van der Waals surface area contributed by atoms with Crippen molar-refractivity contribution in [3.8, 4) is 11.5 Å². The first kappa shape index (κ1) is 21.1. The van der Waals surface area contributed by atoms with Crippen LogP contribution in [0.4, 0.5) is 0 Å². The number of carbonyl (C=O) groups excluding carboxylic acids is 2. The van der Waals surface area contributed by atoms with Gasteiger partial charge in [0.25, 0.3) is 0 Å². The number of carbonyl (C=O) groups is 3. The van der Waals surface area contributed by atoms with E-state index in [9.17, 15) is 29.7 Å². The van der Waals surface area contributed by atoms with Crippen LogP contribution in [0.2, 0.25) is 0 Å². The van der Waals surface area contributed by atoms with Crippen LogP contribution in [0.25, 0.3) is 0 Å². The van der Waals surface area contributed by atoms with Crippen LogP contribution in [-0.2, 0) is 19.1 Å². The summed E-state index contributed by atoms with van der Waals surface area (Å²) in [5.41, 5.74) is -1.25. The van der Waals surface area contributed by atoms with Crippen molar-refractivity contribution in [1.29, 1.82) is 0 Å². The van der Waals surface area contributed by atoms with Gasteiger partial charge in [0.1, 0.15) is 35.5 Å². The third-order valence-corrected chi connectivity index (χ3v) is 5.06. The molecule has 0 bridgehead atoms. The normalized spacial score (nSPS) is 23.6. The molecule has 0 fully saturated rings. The van der Waals surface area contributed by atoms with Crippen molar-refractivity contribution in [2.75, 3.05) is 6.61 Å². The molecule has 1 aliphatic heterocycles. The number of ether oxygens (including phenoxy) is 2. The molecule has 0 saturated carbocycles. The first-order valence-corrected chi connectivity index (χ1v) is 8.99. The van der Waals surface area contributed by atoms with Crippen molar-refractivity contribution in [3.05, 3.63) is 58.4 Å². The van der Waals surface area contributed by atoms with E-state index in [4.69, 9.17) is 14.6 Å². The lowest BCUT2D eigenvalue weighted by atomic mass is 9.77. The van der Waals surface area contributed by atoms with Gasteiger partial charge in [-0.2, -0.15) is 0 Å². The molecule has 1 heterocycles. The van der Waals surface area contributed by atoms with Gasteiger partial charge in [-0.3, -0.25) is 4.79 Å². The fraction of sp³-hybridized carbons (Fsp3) is 0.286. The number of allylic oxidation sites excluding steroid dienone is 2. The summed E-state index contributed by atoms with van der Waals surface area (Å²) < 4.78 is 10.7. The number of aliphatic hydroxyl groups is 1. The number of esters is 1. The predicted molar refractivity (Wildman–Crippen MR) is 102 cm³/mol. The van der Waals surface area contributed by atoms with Crippen molar-refractivity contribution in [2.24, 2.45) is 0 Å². The monoisotopic (exact) mass is 416 g/mol. The number of rotatable bonds is 4. The number of hydrogen-bond acceptors (Lipinski definition) is 8. The van der Waals surface area contributed by atoms with E-state index in [1.165, 1.54) is 32.1 Å². The largest absolute Gasteiger partial charge is 0.508 e. The molecule has 0 aromatic heterocycles. The molecule has 0 saturated heterocycles. The predicted octanol–water partition coefficient (Wildman–Crippen LogP) is 1.51. The fourth-order valence-corrected chi connectivity index (χ4v) is 3.42. The summed E-state index contributed by atoms with van der Waals surface area (Å²) in [5.74, 6) is -3.38. The second-order valence-corrected chi connectivity index (χ2v) is 7.21. The minimum Gasteiger partial charge on any atom is -0.508 e. The number of phenolic OH excluding ortho intramolecular Hbond substituents is 2. The molecular weight excluding hydrogens is 396 g/mol. The van der Waals surface area contributed by atoms with E-state index in [1.54, 1.807) is 0 Å². The Labute approximate surface area is 171 Å². The molecule has 1 aromatic carbocycles. The third-order valence-electron chi connectivity index (χ3n) is 5.06. The molecule has 158 valence electrons. The molecule has 1 aliphatic carbocycles. The van der Waals surface area contributed by atoms with Gasteiger partial charge in [-0.15, -0.1) is 0 Å². The lowest BCUT2D eigenvalue weighted by molar-refractivity contribution is -0.147. The van der Waals surface area contributed by atoms with Crippen molar-refractivity contribution >= 4 is 17.7 Å². The van der Waals surface area contributed by atoms with Gasteiger partial charge in [-0.25, -0.2) is 9.59 Å². The van der Waals surface area contributed by atoms with Gasteiger partial charge >= 0.3 is 11.9 Å². The summed E-state index contributed by atoms with van der Waals surface area (Å²) in [6.07, 6.45) is 2.16. The highest BCUT2D eigenvalue weighted by molar-refractivity contribution is 6.07. The van der Waals surface area contributed by atoms with E-state index >= 15 is 0 Å². The maximum atomic E-state index is 13.0. The standard InChI is InChI=1S/C21H20O9/c1-10-5-12(22)8-15(23)18(10)20(28)30-21(2)16(24)7-11-6-13(3-4-17(25)26)29-9-14(11)19(21)27/h3-6,8,16,22-24H,7,9H2,1-2H3,(H,25,26)/b4-3-/t16-,21+/m1/s1. The van der Waals surface area contributed by atoms with Crippen LogP contribution in [0.5, 0.6) is 11.5 Å². The second kappa shape index (κ2) is 7.68. The van der Waals surface area contributed by atoms with Gasteiger partial charge in [0, 0.05) is 24.1 Å². The number of aromatic hydroxyl groups is 2. The van der Waals surface area contributed by atoms with Gasteiger partial charge in [-0.05, 0) is 43.2 Å². The molecular formula is C21H20O9. The van der Waals surface area contributed by atoms with Crippen LogP contribution in [0.15, 0.2) is 47.3 Å². The zero-order chi connectivity index (χ0) is 22.2. The summed E-state index contributed by atoms with van der Waals surface area (Å²) in [6, 6.07) is 2.22. The molecule has 0 spiro atoms. The molecule has 2 atom stereocenters. The van der Waals surface area contributed by atoms with Crippen molar-refractivity contribution < 1.29 is 44.3 Å². The zero-order valence-electron chi connectivity index (χ0n) is 16.2. The average molecular weight is 416 g/mol. The number of aliphatic hydroxyl groups excluding tert-OH is 1. The molecule has 0 radical (unpaired) electrons.